The van der Waals surface area contributed by atoms with Gasteiger partial charge < -0.3 is 13.7 Å². The van der Waals surface area contributed by atoms with Crippen molar-refractivity contribution in [2.24, 2.45) is 0 Å². The third-order valence-electron chi connectivity index (χ3n) is 10.3. The summed E-state index contributed by atoms with van der Waals surface area (Å²) < 4.78 is 15.2. The Balaban J connectivity index is 1.05. The number of benzene rings is 8. The van der Waals surface area contributed by atoms with Crippen LogP contribution in [0.15, 0.2) is 191 Å². The largest absolute Gasteiger partial charge is 0.456 e. The van der Waals surface area contributed by atoms with Crippen molar-refractivity contribution in [3.8, 4) is 33.7 Å². The number of hydrogen-bond acceptors (Lipinski definition) is 5. The minimum absolute atomic E-state index is 0.600. The molecule has 0 unspecified atom stereocenters. The summed E-state index contributed by atoms with van der Waals surface area (Å²) in [5.74, 6) is 0.600. The van der Waals surface area contributed by atoms with E-state index in [0.717, 1.165) is 61.2 Å². The normalized spacial score (nSPS) is 11.7. The lowest BCUT2D eigenvalue weighted by Crippen LogP contribution is -2.11. The molecule has 5 heteroatoms. The first-order valence-electron chi connectivity index (χ1n) is 18.0. The number of hydrogen-bond donors (Lipinski definition) is 0. The Morgan fingerprint density at radius 3 is 1.96 bits per heavy atom. The minimum Gasteiger partial charge on any atom is -0.456 e. The van der Waals surface area contributed by atoms with Gasteiger partial charge in [-0.1, -0.05) is 115 Å². The molecule has 0 N–H and O–H groups in total. The summed E-state index contributed by atoms with van der Waals surface area (Å²) in [6, 6.07) is 64.1. The van der Waals surface area contributed by atoms with Gasteiger partial charge in [0, 0.05) is 59.5 Å². The maximum absolute atomic E-state index is 6.43. The lowest BCUT2D eigenvalue weighted by atomic mass is 9.98. The molecule has 0 amide bonds. The van der Waals surface area contributed by atoms with Crippen molar-refractivity contribution in [3.05, 3.63) is 182 Å². The number of aromatic nitrogens is 1. The molecule has 0 atom stereocenters. The van der Waals surface area contributed by atoms with Crippen LogP contribution in [0.4, 0.5) is 17.1 Å². The van der Waals surface area contributed by atoms with Crippen molar-refractivity contribution < 1.29 is 8.83 Å². The highest BCUT2D eigenvalue weighted by atomic mass is 32.1. The topological polar surface area (TPSA) is 42.4 Å². The molecule has 0 spiro atoms. The highest BCUT2D eigenvalue weighted by Gasteiger charge is 2.20. The molecule has 11 aromatic rings. The van der Waals surface area contributed by atoms with Crippen LogP contribution in [0, 0.1) is 0 Å². The second-order valence-corrected chi connectivity index (χ2v) is 14.6. The summed E-state index contributed by atoms with van der Waals surface area (Å²) in [5.41, 5.74) is 11.9. The summed E-state index contributed by atoms with van der Waals surface area (Å²) in [7, 11) is 0. The Morgan fingerprint density at radius 1 is 0.426 bits per heavy atom. The molecule has 54 heavy (non-hydrogen) atoms. The van der Waals surface area contributed by atoms with Crippen LogP contribution in [0.3, 0.4) is 0 Å². The van der Waals surface area contributed by atoms with Gasteiger partial charge in [0.1, 0.15) is 16.7 Å². The van der Waals surface area contributed by atoms with Crippen molar-refractivity contribution in [3.63, 3.8) is 0 Å². The minimum atomic E-state index is 0.600. The van der Waals surface area contributed by atoms with E-state index in [0.29, 0.717) is 11.5 Å². The van der Waals surface area contributed by atoms with Crippen LogP contribution < -0.4 is 4.90 Å². The van der Waals surface area contributed by atoms with Gasteiger partial charge in [-0.05, 0) is 77.4 Å². The number of para-hydroxylation sites is 1. The van der Waals surface area contributed by atoms with Crippen LogP contribution in [0.5, 0.6) is 0 Å². The van der Waals surface area contributed by atoms with E-state index in [2.05, 4.69) is 144 Å². The zero-order chi connectivity index (χ0) is 35.6. The van der Waals surface area contributed by atoms with Gasteiger partial charge in [-0.25, -0.2) is 4.98 Å². The zero-order valence-corrected chi connectivity index (χ0v) is 29.8. The molecule has 3 heterocycles. The molecule has 3 aromatic heterocycles. The molecule has 254 valence electrons. The quantitative estimate of drug-likeness (QED) is 0.172. The van der Waals surface area contributed by atoms with Crippen molar-refractivity contribution in [1.82, 2.24) is 4.98 Å². The highest BCUT2D eigenvalue weighted by Crippen LogP contribution is 2.45. The van der Waals surface area contributed by atoms with Gasteiger partial charge in [-0.2, -0.15) is 0 Å². The average Bonchev–Trinajstić information content (AvgIpc) is 3.94. The number of thiophene rings is 1. The molecule has 8 aromatic carbocycles. The van der Waals surface area contributed by atoms with Crippen molar-refractivity contribution in [1.29, 1.82) is 0 Å². The van der Waals surface area contributed by atoms with E-state index in [4.69, 9.17) is 13.8 Å². The van der Waals surface area contributed by atoms with E-state index in [9.17, 15) is 0 Å². The van der Waals surface area contributed by atoms with Crippen LogP contribution in [0.1, 0.15) is 0 Å². The molecule has 4 nitrogen and oxygen atoms in total. The van der Waals surface area contributed by atoms with E-state index in [1.807, 2.05) is 53.8 Å². The van der Waals surface area contributed by atoms with Gasteiger partial charge in [0.15, 0.2) is 5.58 Å². The molecular weight excluding hydrogens is 681 g/mol. The zero-order valence-electron chi connectivity index (χ0n) is 28.9. The maximum Gasteiger partial charge on any atom is 0.227 e. The lowest BCUT2D eigenvalue weighted by molar-refractivity contribution is 0.617. The molecule has 0 aliphatic carbocycles. The second-order valence-electron chi connectivity index (χ2n) is 13.5. The molecule has 0 saturated heterocycles. The van der Waals surface area contributed by atoms with Crippen molar-refractivity contribution >= 4 is 81.6 Å². The number of anilines is 3. The number of rotatable bonds is 6. The predicted molar refractivity (Wildman–Crippen MR) is 225 cm³/mol. The summed E-state index contributed by atoms with van der Waals surface area (Å²) in [5, 5.41) is 4.66. The van der Waals surface area contributed by atoms with Crippen LogP contribution in [-0.4, -0.2) is 4.98 Å². The molecule has 0 aliphatic heterocycles. The molecule has 0 bridgehead atoms. The number of fused-ring (bicyclic) bond motifs is 7. The third kappa shape index (κ3) is 5.01. The van der Waals surface area contributed by atoms with Crippen LogP contribution in [0.25, 0.3) is 86.9 Å². The van der Waals surface area contributed by atoms with Gasteiger partial charge in [0.05, 0.1) is 5.69 Å². The fourth-order valence-electron chi connectivity index (χ4n) is 7.79. The Kier molecular flexibility index (Phi) is 7.00. The maximum atomic E-state index is 6.43. The molecule has 0 fully saturated rings. The molecule has 0 saturated carbocycles. The van der Waals surface area contributed by atoms with Crippen molar-refractivity contribution in [2.45, 2.75) is 0 Å². The van der Waals surface area contributed by atoms with E-state index >= 15 is 0 Å². The fraction of sp³-hybridized carbons (Fsp3) is 0. The van der Waals surface area contributed by atoms with E-state index in [-0.39, 0.29) is 0 Å². The van der Waals surface area contributed by atoms with Gasteiger partial charge in [0.25, 0.3) is 0 Å². The number of oxazole rings is 1. The second kappa shape index (κ2) is 12.3. The van der Waals surface area contributed by atoms with Crippen LogP contribution in [0.2, 0.25) is 0 Å². The van der Waals surface area contributed by atoms with Gasteiger partial charge in [0.2, 0.25) is 5.89 Å². The molecular formula is C49H30N2O2S. The van der Waals surface area contributed by atoms with Crippen molar-refractivity contribution in [2.75, 3.05) is 4.90 Å². The van der Waals surface area contributed by atoms with Gasteiger partial charge in [-0.3, -0.25) is 0 Å². The monoisotopic (exact) mass is 710 g/mol. The Hall–Kier alpha value is -6.95. The Bertz CT molecular complexity index is 3160. The van der Waals surface area contributed by atoms with E-state index in [1.54, 1.807) is 0 Å². The average molecular weight is 711 g/mol. The van der Waals surface area contributed by atoms with Gasteiger partial charge >= 0.3 is 0 Å². The van der Waals surface area contributed by atoms with Gasteiger partial charge in [-0.15, -0.1) is 11.3 Å². The standard InChI is InChI=1S/C49H30N2O2S/c1-3-12-31(13-4-1)36-16-7-9-19-42(36)51(35-26-27-39-38-17-8-10-21-46(38)54-47(39)28-35)34-24-22-32(23-25-34)37-18-11-20-43-48(37)40-29-41-45(30-44(40)52-43)53-49(50-41)33-14-5-2-6-15-33/h1-30H. The third-order valence-corrected chi connectivity index (χ3v) is 11.4. The van der Waals surface area contributed by atoms with E-state index < -0.39 is 0 Å². The van der Waals surface area contributed by atoms with E-state index in [1.165, 1.54) is 31.3 Å². The lowest BCUT2D eigenvalue weighted by Gasteiger charge is -2.28. The first kappa shape index (κ1) is 30.7. The summed E-state index contributed by atoms with van der Waals surface area (Å²) in [4.78, 5) is 7.24. The number of nitrogens with zero attached hydrogens (tertiary/aromatic N) is 2. The predicted octanol–water partition coefficient (Wildman–Crippen LogP) is 14.6. The molecule has 0 radical (unpaired) electrons. The summed E-state index contributed by atoms with van der Waals surface area (Å²) in [6.07, 6.45) is 0. The summed E-state index contributed by atoms with van der Waals surface area (Å²) in [6.45, 7) is 0. The molecule has 0 aliphatic rings. The summed E-state index contributed by atoms with van der Waals surface area (Å²) >= 11 is 1.84. The highest BCUT2D eigenvalue weighted by molar-refractivity contribution is 7.25. The molecule has 11 rings (SSSR count). The fourth-order valence-corrected chi connectivity index (χ4v) is 8.93. The smallest absolute Gasteiger partial charge is 0.227 e. The first-order chi connectivity index (χ1) is 26.7. The Labute approximate surface area is 314 Å². The Morgan fingerprint density at radius 2 is 1.11 bits per heavy atom. The number of furan rings is 1. The van der Waals surface area contributed by atoms with Crippen LogP contribution in [-0.2, 0) is 0 Å². The van der Waals surface area contributed by atoms with Crippen LogP contribution >= 0.6 is 11.3 Å². The SMILES string of the molecule is c1ccc(-c2nc3cc4c(cc3o2)oc2cccc(-c3ccc(N(c5ccc6c(c5)sc5ccccc56)c5ccccc5-c5ccccc5)cc3)c24)cc1. The first-order valence-corrected chi connectivity index (χ1v) is 18.8.